The first kappa shape index (κ1) is 20.2. The van der Waals surface area contributed by atoms with Gasteiger partial charge in [-0.15, -0.1) is 0 Å². The van der Waals surface area contributed by atoms with Crippen molar-refractivity contribution in [3.8, 4) is 5.75 Å². The maximum absolute atomic E-state index is 13.0. The molecule has 3 atom stereocenters. The van der Waals surface area contributed by atoms with E-state index in [1.807, 2.05) is 6.92 Å². The SMILES string of the molecule is C[C@@H]1CCCN(c2ccc([C@H](C)NC(=O)[C@H](C)Oc3ccc(F)cc3)cc2)C1. The number of anilines is 1. The summed E-state index contributed by atoms with van der Waals surface area (Å²) in [6.07, 6.45) is 1.87. The summed E-state index contributed by atoms with van der Waals surface area (Å²) in [7, 11) is 0. The van der Waals surface area contributed by atoms with Crippen molar-refractivity contribution in [2.45, 2.75) is 45.8 Å². The normalized spacial score (nSPS) is 19.0. The van der Waals surface area contributed by atoms with Gasteiger partial charge in [0.05, 0.1) is 6.04 Å². The molecule has 2 aromatic carbocycles. The maximum Gasteiger partial charge on any atom is 0.261 e. The molecule has 0 radical (unpaired) electrons. The minimum atomic E-state index is -0.665. The molecule has 1 heterocycles. The number of piperidine rings is 1. The Bertz CT molecular complexity index is 776. The van der Waals surface area contributed by atoms with Gasteiger partial charge in [-0.2, -0.15) is 0 Å². The number of amides is 1. The number of carbonyl (C=O) groups excluding carboxylic acids is 1. The van der Waals surface area contributed by atoms with Gasteiger partial charge >= 0.3 is 0 Å². The van der Waals surface area contributed by atoms with Crippen LogP contribution in [0.3, 0.4) is 0 Å². The van der Waals surface area contributed by atoms with E-state index >= 15 is 0 Å². The molecule has 0 bridgehead atoms. The van der Waals surface area contributed by atoms with Crippen LogP contribution in [-0.2, 0) is 4.79 Å². The smallest absolute Gasteiger partial charge is 0.261 e. The second-order valence-corrected chi connectivity index (χ2v) is 7.73. The summed E-state index contributed by atoms with van der Waals surface area (Å²) in [5.41, 5.74) is 2.29. The molecule has 0 spiro atoms. The molecular formula is C23H29FN2O2. The molecule has 4 nitrogen and oxygen atoms in total. The zero-order chi connectivity index (χ0) is 20.1. The number of ether oxygens (including phenoxy) is 1. The van der Waals surface area contributed by atoms with Gasteiger partial charge in [-0.1, -0.05) is 19.1 Å². The van der Waals surface area contributed by atoms with Crippen LogP contribution in [0.4, 0.5) is 10.1 Å². The third-order valence-electron chi connectivity index (χ3n) is 5.27. The summed E-state index contributed by atoms with van der Waals surface area (Å²) in [6, 6.07) is 14.0. The molecule has 1 amide bonds. The Morgan fingerprint density at radius 1 is 1.14 bits per heavy atom. The fourth-order valence-electron chi connectivity index (χ4n) is 3.58. The van der Waals surface area contributed by atoms with Crippen LogP contribution in [-0.4, -0.2) is 25.1 Å². The average molecular weight is 384 g/mol. The van der Waals surface area contributed by atoms with Crippen molar-refractivity contribution < 1.29 is 13.9 Å². The highest BCUT2D eigenvalue weighted by atomic mass is 19.1. The number of carbonyl (C=O) groups is 1. The summed E-state index contributed by atoms with van der Waals surface area (Å²) in [6.45, 7) is 8.15. The van der Waals surface area contributed by atoms with Crippen molar-refractivity contribution >= 4 is 11.6 Å². The molecule has 1 aliphatic heterocycles. The minimum absolute atomic E-state index is 0.124. The van der Waals surface area contributed by atoms with E-state index in [1.165, 1.54) is 42.8 Å². The lowest BCUT2D eigenvalue weighted by molar-refractivity contribution is -0.127. The number of hydrogen-bond acceptors (Lipinski definition) is 3. The van der Waals surface area contributed by atoms with Gasteiger partial charge in [0, 0.05) is 18.8 Å². The monoisotopic (exact) mass is 384 g/mol. The lowest BCUT2D eigenvalue weighted by Crippen LogP contribution is -2.37. The number of nitrogens with zero attached hydrogens (tertiary/aromatic N) is 1. The van der Waals surface area contributed by atoms with Crippen LogP contribution in [0.5, 0.6) is 5.75 Å². The Balaban J connectivity index is 1.55. The third kappa shape index (κ3) is 5.24. The number of benzene rings is 2. The number of rotatable bonds is 6. The van der Waals surface area contributed by atoms with Gasteiger partial charge in [-0.25, -0.2) is 4.39 Å². The summed E-state index contributed by atoms with van der Waals surface area (Å²) in [5.74, 6) is 0.664. The molecule has 5 heteroatoms. The molecule has 0 saturated carbocycles. The molecule has 0 aromatic heterocycles. The highest BCUT2D eigenvalue weighted by molar-refractivity contribution is 5.81. The fourth-order valence-corrected chi connectivity index (χ4v) is 3.58. The van der Waals surface area contributed by atoms with Crippen LogP contribution in [0.1, 0.15) is 45.2 Å². The van der Waals surface area contributed by atoms with Crippen molar-refractivity contribution in [2.24, 2.45) is 5.92 Å². The largest absolute Gasteiger partial charge is 0.481 e. The summed E-state index contributed by atoms with van der Waals surface area (Å²) in [5, 5.41) is 2.98. The van der Waals surface area contributed by atoms with E-state index in [9.17, 15) is 9.18 Å². The van der Waals surface area contributed by atoms with E-state index in [1.54, 1.807) is 6.92 Å². The quantitative estimate of drug-likeness (QED) is 0.784. The van der Waals surface area contributed by atoms with Crippen molar-refractivity contribution in [3.63, 3.8) is 0 Å². The topological polar surface area (TPSA) is 41.6 Å². The van der Waals surface area contributed by atoms with Crippen LogP contribution in [0.15, 0.2) is 48.5 Å². The summed E-state index contributed by atoms with van der Waals surface area (Å²) >= 11 is 0. The van der Waals surface area contributed by atoms with Crippen LogP contribution in [0.2, 0.25) is 0 Å². The molecule has 0 aliphatic carbocycles. The zero-order valence-corrected chi connectivity index (χ0v) is 16.8. The number of nitrogens with one attached hydrogen (secondary N) is 1. The molecule has 28 heavy (non-hydrogen) atoms. The Morgan fingerprint density at radius 3 is 2.46 bits per heavy atom. The Kier molecular flexibility index (Phi) is 6.55. The second kappa shape index (κ2) is 9.09. The Labute approximate surface area is 166 Å². The molecule has 1 N–H and O–H groups in total. The highest BCUT2D eigenvalue weighted by Gasteiger charge is 2.19. The van der Waals surface area contributed by atoms with Gasteiger partial charge in [0.1, 0.15) is 11.6 Å². The van der Waals surface area contributed by atoms with Gasteiger partial charge in [-0.3, -0.25) is 4.79 Å². The van der Waals surface area contributed by atoms with Gasteiger partial charge < -0.3 is 15.0 Å². The van der Waals surface area contributed by atoms with Gasteiger partial charge in [0.25, 0.3) is 5.91 Å². The van der Waals surface area contributed by atoms with Crippen molar-refractivity contribution in [1.29, 1.82) is 0 Å². The molecule has 3 rings (SSSR count). The Morgan fingerprint density at radius 2 is 1.82 bits per heavy atom. The summed E-state index contributed by atoms with van der Waals surface area (Å²) < 4.78 is 18.6. The van der Waals surface area contributed by atoms with Crippen LogP contribution < -0.4 is 15.0 Å². The first-order valence-corrected chi connectivity index (χ1v) is 10.00. The third-order valence-corrected chi connectivity index (χ3v) is 5.27. The van der Waals surface area contributed by atoms with E-state index < -0.39 is 6.10 Å². The minimum Gasteiger partial charge on any atom is -0.481 e. The van der Waals surface area contributed by atoms with Gasteiger partial charge in [-0.05, 0) is 74.6 Å². The lowest BCUT2D eigenvalue weighted by atomic mass is 9.99. The van der Waals surface area contributed by atoms with Crippen molar-refractivity contribution in [1.82, 2.24) is 5.32 Å². The molecule has 1 aliphatic rings. The first-order valence-electron chi connectivity index (χ1n) is 10.00. The molecule has 1 saturated heterocycles. The molecule has 0 unspecified atom stereocenters. The fraction of sp³-hybridized carbons (Fsp3) is 0.435. The molecule has 1 fully saturated rings. The highest BCUT2D eigenvalue weighted by Crippen LogP contribution is 2.24. The van der Waals surface area contributed by atoms with E-state index in [0.29, 0.717) is 5.75 Å². The lowest BCUT2D eigenvalue weighted by Gasteiger charge is -2.33. The second-order valence-electron chi connectivity index (χ2n) is 7.73. The predicted octanol–water partition coefficient (Wildman–Crippen LogP) is 4.71. The first-order chi connectivity index (χ1) is 13.4. The van der Waals surface area contributed by atoms with E-state index in [4.69, 9.17) is 4.74 Å². The Hall–Kier alpha value is -2.56. The number of halogens is 1. The zero-order valence-electron chi connectivity index (χ0n) is 16.8. The summed E-state index contributed by atoms with van der Waals surface area (Å²) in [4.78, 5) is 14.9. The van der Waals surface area contributed by atoms with E-state index in [0.717, 1.165) is 24.6 Å². The van der Waals surface area contributed by atoms with Crippen LogP contribution >= 0.6 is 0 Å². The van der Waals surface area contributed by atoms with Crippen LogP contribution in [0, 0.1) is 11.7 Å². The molecule has 2 aromatic rings. The average Bonchev–Trinajstić information content (AvgIpc) is 2.69. The van der Waals surface area contributed by atoms with Crippen molar-refractivity contribution in [2.75, 3.05) is 18.0 Å². The molecule has 150 valence electrons. The van der Waals surface area contributed by atoms with Crippen molar-refractivity contribution in [3.05, 3.63) is 59.9 Å². The van der Waals surface area contributed by atoms with E-state index in [2.05, 4.69) is 41.4 Å². The van der Waals surface area contributed by atoms with E-state index in [-0.39, 0.29) is 17.8 Å². The van der Waals surface area contributed by atoms with Gasteiger partial charge in [0.2, 0.25) is 0 Å². The maximum atomic E-state index is 13.0. The standard InChI is InChI=1S/C23H29FN2O2/c1-16-5-4-14-26(15-16)21-10-6-19(7-11-21)17(2)25-23(27)18(3)28-22-12-8-20(24)9-13-22/h6-13,16-18H,4-5,14-15H2,1-3H3,(H,25,27)/t16-,17+,18+/m1/s1. The van der Waals surface area contributed by atoms with Crippen LogP contribution in [0.25, 0.3) is 0 Å². The molecular weight excluding hydrogens is 355 g/mol. The van der Waals surface area contributed by atoms with Gasteiger partial charge in [0.15, 0.2) is 6.10 Å². The number of hydrogen-bond donors (Lipinski definition) is 1. The predicted molar refractivity (Wildman–Crippen MR) is 110 cm³/mol.